The first-order valence-electron chi connectivity index (χ1n) is 11.9. The number of hydrogen-bond donors (Lipinski definition) is 1. The van der Waals surface area contributed by atoms with E-state index in [-0.39, 0.29) is 6.03 Å². The lowest BCUT2D eigenvalue weighted by molar-refractivity contribution is 0.203. The van der Waals surface area contributed by atoms with Crippen LogP contribution in [0.5, 0.6) is 11.5 Å². The quantitative estimate of drug-likeness (QED) is 0.350. The van der Waals surface area contributed by atoms with Gasteiger partial charge in [-0.15, -0.1) is 0 Å². The zero-order chi connectivity index (χ0) is 25.9. The Hall–Kier alpha value is -4.59. The van der Waals surface area contributed by atoms with Gasteiger partial charge in [0.05, 0.1) is 32.4 Å². The SMILES string of the molecule is COc1cccc(CN2C(=O)NC(c3cccc(OC)c3)C(c3nc(-c4ccc(C)cc4)no3)=C2C)c1. The standard InChI is InChI=1S/C29H28N4O4/c1-18-11-13-21(14-12-18)27-31-28(37-32-27)25-19(2)33(17-20-7-5-9-23(15-20)35-3)29(34)30-26(25)22-8-6-10-24(16-22)36-4/h5-16,26H,17H2,1-4H3,(H,30,34). The third-order valence-corrected chi connectivity index (χ3v) is 6.46. The molecule has 1 atom stereocenters. The van der Waals surface area contributed by atoms with E-state index in [0.717, 1.165) is 39.3 Å². The summed E-state index contributed by atoms with van der Waals surface area (Å²) in [6, 6.07) is 22.4. The molecule has 0 aliphatic carbocycles. The third-order valence-electron chi connectivity index (χ3n) is 6.46. The molecule has 0 fully saturated rings. The van der Waals surface area contributed by atoms with Gasteiger partial charge in [-0.25, -0.2) is 4.79 Å². The Labute approximate surface area is 215 Å². The van der Waals surface area contributed by atoms with E-state index in [1.54, 1.807) is 19.1 Å². The Balaban J connectivity index is 1.59. The van der Waals surface area contributed by atoms with Gasteiger partial charge in [0, 0.05) is 11.3 Å². The lowest BCUT2D eigenvalue weighted by atomic mass is 9.94. The van der Waals surface area contributed by atoms with Crippen LogP contribution in [0.25, 0.3) is 17.0 Å². The van der Waals surface area contributed by atoms with E-state index < -0.39 is 6.04 Å². The van der Waals surface area contributed by atoms with Crippen LogP contribution < -0.4 is 14.8 Å². The molecule has 0 radical (unpaired) electrons. The van der Waals surface area contributed by atoms with E-state index in [2.05, 4.69) is 10.5 Å². The zero-order valence-corrected chi connectivity index (χ0v) is 21.2. The molecular weight excluding hydrogens is 468 g/mol. The molecule has 37 heavy (non-hydrogen) atoms. The largest absolute Gasteiger partial charge is 0.497 e. The maximum absolute atomic E-state index is 13.4. The molecule has 2 heterocycles. The fourth-order valence-electron chi connectivity index (χ4n) is 4.43. The summed E-state index contributed by atoms with van der Waals surface area (Å²) < 4.78 is 16.6. The number of benzene rings is 3. The van der Waals surface area contributed by atoms with Crippen molar-refractivity contribution in [3.8, 4) is 22.9 Å². The molecule has 2 amide bonds. The van der Waals surface area contributed by atoms with Gasteiger partial charge in [0.2, 0.25) is 5.82 Å². The lowest BCUT2D eigenvalue weighted by Crippen LogP contribution is -2.45. The van der Waals surface area contributed by atoms with E-state index in [1.807, 2.05) is 86.6 Å². The Morgan fingerprint density at radius 2 is 1.65 bits per heavy atom. The molecule has 1 aliphatic rings. The van der Waals surface area contributed by atoms with Gasteiger partial charge < -0.3 is 19.3 Å². The van der Waals surface area contributed by atoms with Crippen LogP contribution >= 0.6 is 0 Å². The van der Waals surface area contributed by atoms with Crippen LogP contribution in [-0.4, -0.2) is 35.3 Å². The van der Waals surface area contributed by atoms with Crippen molar-refractivity contribution in [3.05, 3.63) is 101 Å². The van der Waals surface area contributed by atoms with Gasteiger partial charge >= 0.3 is 6.03 Å². The molecule has 8 nitrogen and oxygen atoms in total. The third kappa shape index (κ3) is 4.91. The summed E-state index contributed by atoms with van der Waals surface area (Å²) in [5.74, 6) is 2.24. The molecule has 1 unspecified atom stereocenters. The summed E-state index contributed by atoms with van der Waals surface area (Å²) in [5.41, 5.74) is 5.22. The minimum Gasteiger partial charge on any atom is -0.497 e. The number of methoxy groups -OCH3 is 2. The number of urea groups is 1. The molecule has 1 aromatic heterocycles. The van der Waals surface area contributed by atoms with Crippen LogP contribution in [0, 0.1) is 6.92 Å². The Bertz CT molecular complexity index is 1460. The molecule has 3 aromatic carbocycles. The van der Waals surface area contributed by atoms with Gasteiger partial charge in [-0.05, 0) is 49.2 Å². The van der Waals surface area contributed by atoms with Crippen LogP contribution in [0.15, 0.2) is 83.0 Å². The fourth-order valence-corrected chi connectivity index (χ4v) is 4.43. The van der Waals surface area contributed by atoms with Gasteiger partial charge in [0.25, 0.3) is 5.89 Å². The highest BCUT2D eigenvalue weighted by molar-refractivity contribution is 5.87. The normalized spacial score (nSPS) is 15.5. The number of aromatic nitrogens is 2. The number of nitrogens with zero attached hydrogens (tertiary/aromatic N) is 3. The molecule has 1 aliphatic heterocycles. The maximum atomic E-state index is 13.4. The average molecular weight is 497 g/mol. The van der Waals surface area contributed by atoms with Crippen molar-refractivity contribution in [1.82, 2.24) is 20.4 Å². The van der Waals surface area contributed by atoms with Crippen LogP contribution in [0.3, 0.4) is 0 Å². The summed E-state index contributed by atoms with van der Waals surface area (Å²) in [5, 5.41) is 7.38. The van der Waals surface area contributed by atoms with E-state index in [9.17, 15) is 4.79 Å². The van der Waals surface area contributed by atoms with Crippen molar-refractivity contribution in [2.75, 3.05) is 14.2 Å². The van der Waals surface area contributed by atoms with Crippen molar-refractivity contribution < 1.29 is 18.8 Å². The predicted molar refractivity (Wildman–Crippen MR) is 140 cm³/mol. The number of hydrogen-bond acceptors (Lipinski definition) is 6. The minimum absolute atomic E-state index is 0.227. The molecule has 188 valence electrons. The van der Waals surface area contributed by atoms with Crippen molar-refractivity contribution in [2.45, 2.75) is 26.4 Å². The summed E-state index contributed by atoms with van der Waals surface area (Å²) >= 11 is 0. The number of amides is 2. The van der Waals surface area contributed by atoms with E-state index in [4.69, 9.17) is 19.0 Å². The smallest absolute Gasteiger partial charge is 0.322 e. The topological polar surface area (TPSA) is 89.7 Å². The molecule has 0 saturated carbocycles. The van der Waals surface area contributed by atoms with Crippen molar-refractivity contribution in [2.24, 2.45) is 0 Å². The monoisotopic (exact) mass is 496 g/mol. The summed E-state index contributed by atoms with van der Waals surface area (Å²) in [4.78, 5) is 19.8. The highest BCUT2D eigenvalue weighted by Crippen LogP contribution is 2.38. The summed E-state index contributed by atoms with van der Waals surface area (Å²) in [6.45, 7) is 4.28. The predicted octanol–water partition coefficient (Wildman–Crippen LogP) is 5.76. The maximum Gasteiger partial charge on any atom is 0.322 e. The minimum atomic E-state index is -0.504. The van der Waals surface area contributed by atoms with E-state index >= 15 is 0 Å². The van der Waals surface area contributed by atoms with Gasteiger partial charge in [0.1, 0.15) is 11.5 Å². The molecule has 0 bridgehead atoms. The number of carbonyl (C=O) groups is 1. The second-order valence-corrected chi connectivity index (χ2v) is 8.89. The van der Waals surface area contributed by atoms with E-state index in [0.29, 0.717) is 24.0 Å². The van der Waals surface area contributed by atoms with Crippen molar-refractivity contribution in [3.63, 3.8) is 0 Å². The molecule has 4 aromatic rings. The molecule has 0 saturated heterocycles. The van der Waals surface area contributed by atoms with E-state index in [1.165, 1.54) is 0 Å². The first kappa shape index (κ1) is 24.1. The van der Waals surface area contributed by atoms with Crippen molar-refractivity contribution >= 4 is 11.6 Å². The summed E-state index contributed by atoms with van der Waals surface area (Å²) in [7, 11) is 3.23. The zero-order valence-electron chi connectivity index (χ0n) is 21.2. The number of carbonyl (C=O) groups excluding carboxylic acids is 1. The number of ether oxygens (including phenoxy) is 2. The Kier molecular flexibility index (Phi) is 6.64. The highest BCUT2D eigenvalue weighted by atomic mass is 16.5. The van der Waals surface area contributed by atoms with Crippen LogP contribution in [0.2, 0.25) is 0 Å². The molecule has 8 heteroatoms. The highest BCUT2D eigenvalue weighted by Gasteiger charge is 2.36. The van der Waals surface area contributed by atoms with Gasteiger partial charge in [0.15, 0.2) is 0 Å². The summed E-state index contributed by atoms with van der Waals surface area (Å²) in [6.07, 6.45) is 0. The number of nitrogens with one attached hydrogen (secondary N) is 1. The van der Waals surface area contributed by atoms with Crippen LogP contribution in [-0.2, 0) is 6.54 Å². The van der Waals surface area contributed by atoms with Crippen molar-refractivity contribution in [1.29, 1.82) is 0 Å². The first-order chi connectivity index (χ1) is 18.0. The van der Waals surface area contributed by atoms with Crippen LogP contribution in [0.4, 0.5) is 4.79 Å². The Morgan fingerprint density at radius 1 is 0.946 bits per heavy atom. The molecule has 0 spiro atoms. The number of rotatable bonds is 7. The number of aryl methyl sites for hydroxylation is 1. The van der Waals surface area contributed by atoms with Crippen LogP contribution in [0.1, 0.15) is 35.5 Å². The molecule has 5 rings (SSSR count). The second kappa shape index (κ2) is 10.2. The first-order valence-corrected chi connectivity index (χ1v) is 11.9. The van der Waals surface area contributed by atoms with Gasteiger partial charge in [-0.3, -0.25) is 4.90 Å². The average Bonchev–Trinajstić information content (AvgIpc) is 3.41. The van der Waals surface area contributed by atoms with Gasteiger partial charge in [-0.1, -0.05) is 59.3 Å². The van der Waals surface area contributed by atoms with Gasteiger partial charge in [-0.2, -0.15) is 4.98 Å². The molecular formula is C29H28N4O4. The fraction of sp³-hybridized carbons (Fsp3) is 0.207. The molecule has 1 N–H and O–H groups in total. The Morgan fingerprint density at radius 3 is 2.38 bits per heavy atom. The number of allylic oxidation sites excluding steroid dienone is 1. The lowest BCUT2D eigenvalue weighted by Gasteiger charge is -2.35. The second-order valence-electron chi connectivity index (χ2n) is 8.89.